The molecule has 0 amide bonds. The van der Waals surface area contributed by atoms with Crippen molar-refractivity contribution in [3.05, 3.63) is 52.8 Å². The Morgan fingerprint density at radius 1 is 1.05 bits per heavy atom. The first-order chi connectivity index (χ1) is 9.72. The van der Waals surface area contributed by atoms with Gasteiger partial charge in [0.25, 0.3) is 0 Å². The van der Waals surface area contributed by atoms with Crippen LogP contribution in [0.1, 0.15) is 5.56 Å². The molecule has 1 aliphatic heterocycles. The van der Waals surface area contributed by atoms with Crippen LogP contribution in [0.4, 0.5) is 10.1 Å². The highest BCUT2D eigenvalue weighted by Gasteiger charge is 2.11. The minimum absolute atomic E-state index is 0.131. The zero-order valence-electron chi connectivity index (χ0n) is 10.7. The van der Waals surface area contributed by atoms with Gasteiger partial charge in [-0.3, -0.25) is 0 Å². The molecule has 1 N–H and O–H groups in total. The van der Waals surface area contributed by atoms with Crippen molar-refractivity contribution < 1.29 is 13.9 Å². The average molecular weight is 294 g/mol. The summed E-state index contributed by atoms with van der Waals surface area (Å²) in [5.74, 6) is 1.08. The van der Waals surface area contributed by atoms with Crippen LogP contribution in [0.15, 0.2) is 36.4 Å². The lowest BCUT2D eigenvalue weighted by Gasteiger charge is -2.19. The number of rotatable bonds is 3. The number of halogens is 2. The average Bonchev–Trinajstić information content (AvgIpc) is 2.48. The molecule has 5 heteroatoms. The van der Waals surface area contributed by atoms with Gasteiger partial charge >= 0.3 is 0 Å². The molecule has 104 valence electrons. The second-order valence-corrected chi connectivity index (χ2v) is 4.87. The first kappa shape index (κ1) is 13.1. The van der Waals surface area contributed by atoms with Gasteiger partial charge in [0.15, 0.2) is 11.5 Å². The third-order valence-corrected chi connectivity index (χ3v) is 3.31. The van der Waals surface area contributed by atoms with Gasteiger partial charge in [-0.15, -0.1) is 0 Å². The molecule has 0 fully saturated rings. The fourth-order valence-electron chi connectivity index (χ4n) is 2.01. The Bertz CT molecular complexity index is 633. The zero-order chi connectivity index (χ0) is 13.9. The third-order valence-electron chi connectivity index (χ3n) is 3.02. The molecule has 0 aromatic heterocycles. The van der Waals surface area contributed by atoms with Crippen molar-refractivity contribution in [1.29, 1.82) is 0 Å². The molecule has 3 nitrogen and oxygen atoms in total. The lowest BCUT2D eigenvalue weighted by Crippen LogP contribution is -2.15. The maximum absolute atomic E-state index is 13.1. The van der Waals surface area contributed by atoms with Crippen LogP contribution in [0.2, 0.25) is 5.02 Å². The van der Waals surface area contributed by atoms with Crippen molar-refractivity contribution in [3.8, 4) is 11.5 Å². The number of hydrogen-bond donors (Lipinski definition) is 1. The molecule has 0 aliphatic carbocycles. The highest BCUT2D eigenvalue weighted by Crippen LogP contribution is 2.32. The summed E-state index contributed by atoms with van der Waals surface area (Å²) in [6, 6.07) is 10.4. The van der Waals surface area contributed by atoms with Gasteiger partial charge < -0.3 is 14.8 Å². The lowest BCUT2D eigenvalue weighted by atomic mass is 10.2. The maximum atomic E-state index is 13.1. The largest absolute Gasteiger partial charge is 0.486 e. The summed E-state index contributed by atoms with van der Waals surface area (Å²) in [5, 5.41) is 3.37. The topological polar surface area (TPSA) is 30.5 Å². The number of ether oxygens (including phenoxy) is 2. The fraction of sp³-hybridized carbons (Fsp3) is 0.200. The van der Waals surface area contributed by atoms with Gasteiger partial charge in [-0.1, -0.05) is 17.7 Å². The highest BCUT2D eigenvalue weighted by atomic mass is 35.5. The summed E-state index contributed by atoms with van der Waals surface area (Å²) in [4.78, 5) is 0. The van der Waals surface area contributed by atoms with Crippen LogP contribution in [0.5, 0.6) is 11.5 Å². The fourth-order valence-corrected chi connectivity index (χ4v) is 2.21. The molecular weight excluding hydrogens is 281 g/mol. The molecule has 20 heavy (non-hydrogen) atoms. The smallest absolute Gasteiger partial charge is 0.163 e. The minimum Gasteiger partial charge on any atom is -0.486 e. The van der Waals surface area contributed by atoms with E-state index in [9.17, 15) is 4.39 Å². The summed E-state index contributed by atoms with van der Waals surface area (Å²) in [5.41, 5.74) is 1.82. The van der Waals surface area contributed by atoms with Crippen LogP contribution in [0, 0.1) is 5.82 Å². The van der Waals surface area contributed by atoms with E-state index in [0.29, 0.717) is 19.8 Å². The van der Waals surface area contributed by atoms with Crippen molar-refractivity contribution in [2.75, 3.05) is 18.5 Å². The van der Waals surface area contributed by atoms with Crippen LogP contribution in [-0.2, 0) is 6.54 Å². The normalized spacial score (nSPS) is 13.1. The molecule has 2 aromatic carbocycles. The Balaban J connectivity index is 1.70. The summed E-state index contributed by atoms with van der Waals surface area (Å²) in [6.45, 7) is 1.69. The summed E-state index contributed by atoms with van der Waals surface area (Å²) < 4.78 is 24.0. The first-order valence-corrected chi connectivity index (χ1v) is 6.67. The van der Waals surface area contributed by atoms with Gasteiger partial charge in [0.05, 0.1) is 5.02 Å². The van der Waals surface area contributed by atoms with Crippen molar-refractivity contribution in [2.45, 2.75) is 6.54 Å². The Morgan fingerprint density at radius 2 is 1.85 bits per heavy atom. The van der Waals surface area contributed by atoms with E-state index < -0.39 is 5.82 Å². The molecular formula is C15H13ClFNO2. The van der Waals surface area contributed by atoms with Crippen LogP contribution >= 0.6 is 11.6 Å². The minimum atomic E-state index is -0.408. The van der Waals surface area contributed by atoms with Crippen LogP contribution in [0.25, 0.3) is 0 Å². The number of hydrogen-bond acceptors (Lipinski definition) is 3. The van der Waals surface area contributed by atoms with E-state index in [0.717, 1.165) is 22.7 Å². The van der Waals surface area contributed by atoms with Crippen molar-refractivity contribution in [2.24, 2.45) is 0 Å². The van der Waals surface area contributed by atoms with E-state index in [1.54, 1.807) is 12.1 Å². The summed E-state index contributed by atoms with van der Waals surface area (Å²) >= 11 is 5.75. The Hall–Kier alpha value is -1.94. The maximum Gasteiger partial charge on any atom is 0.163 e. The third kappa shape index (κ3) is 2.80. The SMILES string of the molecule is Fc1ccc(CNc2ccc3c(c2)OCCO3)cc1Cl. The lowest BCUT2D eigenvalue weighted by molar-refractivity contribution is 0.171. The van der Waals surface area contributed by atoms with E-state index in [2.05, 4.69) is 5.32 Å². The van der Waals surface area contributed by atoms with E-state index in [1.165, 1.54) is 6.07 Å². The van der Waals surface area contributed by atoms with Gasteiger partial charge in [-0.05, 0) is 29.8 Å². The van der Waals surface area contributed by atoms with E-state index in [-0.39, 0.29) is 5.02 Å². The Labute approximate surface area is 121 Å². The monoisotopic (exact) mass is 293 g/mol. The molecule has 2 aromatic rings. The van der Waals surface area contributed by atoms with Gasteiger partial charge in [0.2, 0.25) is 0 Å². The van der Waals surface area contributed by atoms with Gasteiger partial charge in [-0.25, -0.2) is 4.39 Å². The van der Waals surface area contributed by atoms with Crippen molar-refractivity contribution in [3.63, 3.8) is 0 Å². The van der Waals surface area contributed by atoms with Gasteiger partial charge in [0, 0.05) is 18.3 Å². The van der Waals surface area contributed by atoms with Crippen molar-refractivity contribution in [1.82, 2.24) is 0 Å². The number of fused-ring (bicyclic) bond motifs is 1. The van der Waals surface area contributed by atoms with Crippen LogP contribution < -0.4 is 14.8 Å². The second kappa shape index (κ2) is 5.59. The summed E-state index contributed by atoms with van der Waals surface area (Å²) in [7, 11) is 0. The zero-order valence-corrected chi connectivity index (χ0v) is 11.4. The molecule has 0 bridgehead atoms. The molecule has 0 unspecified atom stereocenters. The van der Waals surface area contributed by atoms with E-state index >= 15 is 0 Å². The standard InChI is InChI=1S/C15H13ClFNO2/c16-12-7-10(1-3-13(12)17)9-18-11-2-4-14-15(8-11)20-6-5-19-14/h1-4,7-8,18H,5-6,9H2. The van der Waals surface area contributed by atoms with E-state index in [1.807, 2.05) is 18.2 Å². The predicted molar refractivity (Wildman–Crippen MR) is 76.2 cm³/mol. The molecule has 0 radical (unpaired) electrons. The molecule has 0 saturated heterocycles. The van der Waals surface area contributed by atoms with Gasteiger partial charge in [0.1, 0.15) is 19.0 Å². The number of anilines is 1. The second-order valence-electron chi connectivity index (χ2n) is 4.46. The number of benzene rings is 2. The van der Waals surface area contributed by atoms with E-state index in [4.69, 9.17) is 21.1 Å². The summed E-state index contributed by atoms with van der Waals surface area (Å²) in [6.07, 6.45) is 0. The predicted octanol–water partition coefficient (Wildman–Crippen LogP) is 3.86. The Morgan fingerprint density at radius 3 is 2.65 bits per heavy atom. The number of nitrogens with one attached hydrogen (secondary N) is 1. The first-order valence-electron chi connectivity index (χ1n) is 6.30. The molecule has 3 rings (SSSR count). The van der Waals surface area contributed by atoms with Gasteiger partial charge in [-0.2, -0.15) is 0 Å². The molecule has 1 aliphatic rings. The molecule has 1 heterocycles. The van der Waals surface area contributed by atoms with Crippen molar-refractivity contribution >= 4 is 17.3 Å². The van der Waals surface area contributed by atoms with Crippen LogP contribution in [0.3, 0.4) is 0 Å². The molecule has 0 spiro atoms. The van der Waals surface area contributed by atoms with Crippen LogP contribution in [-0.4, -0.2) is 13.2 Å². The molecule has 0 atom stereocenters. The molecule has 0 saturated carbocycles. The Kier molecular flexibility index (Phi) is 3.65. The quantitative estimate of drug-likeness (QED) is 0.932. The highest BCUT2D eigenvalue weighted by molar-refractivity contribution is 6.30.